The number of hydrogen-bond acceptors (Lipinski definition) is 9. The molecule has 3 unspecified atom stereocenters. The summed E-state index contributed by atoms with van der Waals surface area (Å²) in [6, 6.07) is 26.8. The third kappa shape index (κ3) is 10.7. The largest absolute Gasteiger partial charge is 0.458 e. The van der Waals surface area contributed by atoms with Gasteiger partial charge in [-0.15, -0.1) is 0 Å². The number of benzene rings is 3. The summed E-state index contributed by atoms with van der Waals surface area (Å²) in [4.78, 5) is 46.1. The highest BCUT2D eigenvalue weighted by Crippen LogP contribution is 2.41. The molecule has 272 valence electrons. The number of nitrogens with zero attached hydrogens (tertiary/aromatic N) is 3. The third-order valence-corrected chi connectivity index (χ3v) is 9.00. The molecule has 0 spiro atoms. The number of non-ortho nitro benzene ring substituents is 1. The second-order valence-corrected chi connectivity index (χ2v) is 13.9. The van der Waals surface area contributed by atoms with Gasteiger partial charge in [0, 0.05) is 48.5 Å². The minimum absolute atomic E-state index is 0.155. The zero-order valence-corrected chi connectivity index (χ0v) is 30.8. The summed E-state index contributed by atoms with van der Waals surface area (Å²) >= 11 is 0. The monoisotopic (exact) mass is 697 g/mol. The van der Waals surface area contributed by atoms with Crippen molar-refractivity contribution in [3.8, 4) is 0 Å². The van der Waals surface area contributed by atoms with Gasteiger partial charge in [0.2, 0.25) is 0 Å². The van der Waals surface area contributed by atoms with Gasteiger partial charge in [0.05, 0.1) is 17.1 Å². The molecule has 0 bridgehead atoms. The maximum absolute atomic E-state index is 14.1. The predicted octanol–water partition coefficient (Wildman–Crippen LogP) is 7.88. The van der Waals surface area contributed by atoms with Crippen molar-refractivity contribution in [2.24, 2.45) is 10.9 Å². The van der Waals surface area contributed by atoms with Gasteiger partial charge in [0.15, 0.2) is 0 Å². The Hall–Kier alpha value is -4.67. The van der Waals surface area contributed by atoms with Gasteiger partial charge in [-0.05, 0) is 77.7 Å². The first kappa shape index (κ1) is 39.1. The van der Waals surface area contributed by atoms with Crippen LogP contribution in [0, 0.1) is 16.0 Å². The highest BCUT2D eigenvalue weighted by atomic mass is 16.6. The predicted molar refractivity (Wildman–Crippen MR) is 199 cm³/mol. The number of carbonyl (C=O) groups is 2. The van der Waals surface area contributed by atoms with Crippen molar-refractivity contribution in [2.45, 2.75) is 77.9 Å². The molecule has 0 radical (unpaired) electrons. The Kier molecular flexibility index (Phi) is 13.8. The van der Waals surface area contributed by atoms with Crippen molar-refractivity contribution in [1.29, 1.82) is 0 Å². The van der Waals surface area contributed by atoms with Crippen LogP contribution in [0.15, 0.2) is 101 Å². The molecule has 0 aromatic heterocycles. The topological polar surface area (TPSA) is 121 Å². The third-order valence-electron chi connectivity index (χ3n) is 9.00. The molecular weight excluding hydrogens is 646 g/mol. The van der Waals surface area contributed by atoms with Gasteiger partial charge in [0.25, 0.3) is 5.69 Å². The summed E-state index contributed by atoms with van der Waals surface area (Å²) < 4.78 is 17.7. The second kappa shape index (κ2) is 18.0. The highest BCUT2D eigenvalue weighted by Gasteiger charge is 2.44. The van der Waals surface area contributed by atoms with Crippen LogP contribution in [-0.4, -0.2) is 72.5 Å². The first-order valence-electron chi connectivity index (χ1n) is 17.6. The Bertz CT molecular complexity index is 1660. The SMILES string of the molecule is CCCOCC(C)(C)OC(=O)C1C(C)=NC(C)=C(C(=O)OC(C)CN(C)CCC(c2ccccc2)c2ccccc2)C1c1cccc([N+](=O)[O-])c1. The van der Waals surface area contributed by atoms with Crippen LogP contribution < -0.4 is 0 Å². The summed E-state index contributed by atoms with van der Waals surface area (Å²) in [5.41, 5.74) is 2.78. The van der Waals surface area contributed by atoms with Crippen LogP contribution in [0.1, 0.15) is 82.9 Å². The summed E-state index contributed by atoms with van der Waals surface area (Å²) in [6.07, 6.45) is 1.17. The van der Waals surface area contributed by atoms with Gasteiger partial charge in [-0.2, -0.15) is 0 Å². The second-order valence-electron chi connectivity index (χ2n) is 13.9. The molecule has 0 amide bonds. The number of allylic oxidation sites excluding steroid dienone is 1. The molecule has 51 heavy (non-hydrogen) atoms. The van der Waals surface area contributed by atoms with Crippen LogP contribution in [0.5, 0.6) is 0 Å². The summed E-state index contributed by atoms with van der Waals surface area (Å²) in [6.45, 7) is 12.7. The molecule has 10 nitrogen and oxygen atoms in total. The molecule has 0 aliphatic carbocycles. The molecule has 0 N–H and O–H groups in total. The lowest BCUT2D eigenvalue weighted by Crippen LogP contribution is -2.42. The minimum Gasteiger partial charge on any atom is -0.458 e. The van der Waals surface area contributed by atoms with Gasteiger partial charge in [0.1, 0.15) is 17.6 Å². The van der Waals surface area contributed by atoms with E-state index in [1.54, 1.807) is 39.8 Å². The van der Waals surface area contributed by atoms with Gasteiger partial charge in [-0.3, -0.25) is 19.9 Å². The van der Waals surface area contributed by atoms with Crippen molar-refractivity contribution < 1.29 is 28.7 Å². The van der Waals surface area contributed by atoms with Crippen LogP contribution in [0.4, 0.5) is 5.69 Å². The van der Waals surface area contributed by atoms with Crippen molar-refractivity contribution in [2.75, 3.05) is 33.4 Å². The van der Waals surface area contributed by atoms with E-state index in [1.807, 2.05) is 33.0 Å². The van der Waals surface area contributed by atoms with Gasteiger partial charge >= 0.3 is 11.9 Å². The number of ether oxygens (including phenoxy) is 3. The molecule has 3 atom stereocenters. The highest BCUT2D eigenvalue weighted by molar-refractivity contribution is 6.07. The fourth-order valence-electron chi connectivity index (χ4n) is 6.69. The van der Waals surface area contributed by atoms with E-state index in [-0.39, 0.29) is 23.8 Å². The standard InChI is InChI=1S/C41H51N3O7/c1-8-24-49-27-41(5,6)51-40(46)37-30(4)42-29(3)36(38(37)33-20-15-21-34(25-33)44(47)48)39(45)50-28(2)26-43(7)23-22-35(31-16-11-9-12-17-31)32-18-13-10-14-19-32/h9-21,25,28,35,37-38H,8,22-24,26-27H2,1-7H3. The van der Waals surface area contributed by atoms with E-state index in [0.717, 1.165) is 19.4 Å². The number of carbonyl (C=O) groups excluding carboxylic acids is 2. The number of hydrogen-bond donors (Lipinski definition) is 0. The van der Waals surface area contributed by atoms with E-state index < -0.39 is 40.4 Å². The van der Waals surface area contributed by atoms with E-state index in [0.29, 0.717) is 30.1 Å². The van der Waals surface area contributed by atoms with Gasteiger partial charge < -0.3 is 19.1 Å². The molecule has 10 heteroatoms. The lowest BCUT2D eigenvalue weighted by molar-refractivity contribution is -0.384. The Labute approximate surface area is 301 Å². The summed E-state index contributed by atoms with van der Waals surface area (Å²) in [5.74, 6) is -2.96. The fraction of sp³-hybridized carbons (Fsp3) is 0.439. The van der Waals surface area contributed by atoms with Crippen LogP contribution in [0.25, 0.3) is 0 Å². The molecule has 0 saturated carbocycles. The number of nitro benzene ring substituents is 1. The van der Waals surface area contributed by atoms with Gasteiger partial charge in [-0.25, -0.2) is 4.79 Å². The molecule has 3 aromatic carbocycles. The van der Waals surface area contributed by atoms with Crippen molar-refractivity contribution >= 4 is 23.3 Å². The molecule has 1 aliphatic heterocycles. The van der Waals surface area contributed by atoms with Crippen molar-refractivity contribution in [3.05, 3.63) is 123 Å². The van der Waals surface area contributed by atoms with Crippen molar-refractivity contribution in [1.82, 2.24) is 4.90 Å². The number of aliphatic imine (C=N–C) groups is 1. The Morgan fingerprint density at radius 3 is 2.20 bits per heavy atom. The first-order chi connectivity index (χ1) is 24.3. The first-order valence-corrected chi connectivity index (χ1v) is 17.6. The molecular formula is C41H51N3O7. The maximum atomic E-state index is 14.1. The average molecular weight is 698 g/mol. The lowest BCUT2D eigenvalue weighted by atomic mass is 9.75. The Morgan fingerprint density at radius 2 is 1.61 bits per heavy atom. The number of likely N-dealkylation sites (N-methyl/N-ethyl adjacent to an activating group) is 1. The van der Waals surface area contributed by atoms with E-state index in [4.69, 9.17) is 14.2 Å². The van der Waals surface area contributed by atoms with E-state index in [2.05, 4.69) is 58.4 Å². The normalized spacial score (nSPS) is 16.9. The average Bonchev–Trinajstić information content (AvgIpc) is 3.08. The maximum Gasteiger partial charge on any atom is 0.336 e. The van der Waals surface area contributed by atoms with Crippen LogP contribution in [0.2, 0.25) is 0 Å². The minimum atomic E-state index is -1.02. The van der Waals surface area contributed by atoms with Crippen LogP contribution in [-0.2, 0) is 23.8 Å². The summed E-state index contributed by atoms with van der Waals surface area (Å²) in [5, 5.41) is 11.8. The van der Waals surface area contributed by atoms with Crippen LogP contribution in [0.3, 0.4) is 0 Å². The van der Waals surface area contributed by atoms with E-state index >= 15 is 0 Å². The molecule has 4 rings (SSSR count). The summed E-state index contributed by atoms with van der Waals surface area (Å²) in [7, 11) is 2.00. The number of esters is 2. The molecule has 1 heterocycles. The Morgan fingerprint density at radius 1 is 0.980 bits per heavy atom. The molecule has 0 saturated heterocycles. The lowest BCUT2D eigenvalue weighted by Gasteiger charge is -2.34. The van der Waals surface area contributed by atoms with E-state index in [1.165, 1.54) is 23.3 Å². The quantitative estimate of drug-likeness (QED) is 0.0605. The van der Waals surface area contributed by atoms with Gasteiger partial charge in [-0.1, -0.05) is 79.7 Å². The zero-order chi connectivity index (χ0) is 37.1. The Balaban J connectivity index is 1.54. The van der Waals surface area contributed by atoms with Crippen LogP contribution >= 0.6 is 0 Å². The van der Waals surface area contributed by atoms with Crippen molar-refractivity contribution in [3.63, 3.8) is 0 Å². The van der Waals surface area contributed by atoms with E-state index in [9.17, 15) is 19.7 Å². The molecule has 3 aromatic rings. The molecule has 1 aliphatic rings. The number of nitro groups is 1. The smallest absolute Gasteiger partial charge is 0.336 e. The molecule has 0 fully saturated rings. The zero-order valence-electron chi connectivity index (χ0n) is 30.8. The fourth-order valence-corrected chi connectivity index (χ4v) is 6.69. The number of rotatable bonds is 17.